The Hall–Kier alpha value is 1.24. The number of hydrogen-bond acceptors (Lipinski definition) is 4. The van der Waals surface area contributed by atoms with Gasteiger partial charge in [-0.15, -0.1) is 0 Å². The monoisotopic (exact) mass is 1370 g/mol. The van der Waals surface area contributed by atoms with Crippen LogP contribution in [0.15, 0.2) is 97.1 Å². The standard InChI is InChI=1S/2C24H32P2.4C4H8O.6ClH.2Cr/c2*1-23(2,3)25-15-17-11-7-9-13-19(17)21(25)22-20-14-10-8-12-18(20)16-26(22)24(4,5)6;4*1-2-4-5-3-1;;;;;;;;/h2*7-14,21-22H,15-16H2,1-6H3;4*1-4H2;6*1H;;/q;;;;;;;;;;;;2*+3/p-6/t2*21-,22-,25+,26+;;;;;;;;;;;;/m11............/s1. The van der Waals surface area contributed by atoms with E-state index >= 15 is 0 Å². The third kappa shape index (κ3) is 23.0. The van der Waals surface area contributed by atoms with Crippen molar-refractivity contribution in [2.75, 3.05) is 52.9 Å². The molecule has 4 saturated heterocycles. The molecule has 450 valence electrons. The molecule has 0 aliphatic carbocycles. The molecule has 4 aromatic carbocycles. The molecule has 0 bridgehead atoms. The number of benzene rings is 4. The Balaban J connectivity index is 0.000000199. The summed E-state index contributed by atoms with van der Waals surface area (Å²) in [7, 11) is 29.3. The SMILES string of the molecule is C1CCOC1.C1CCOC1.C1CCOC1.C1CCOC1.CC(C)(C)[P@@]1Cc2ccccc2[C@@H]1[C@H]1c2ccccc2C[P@]1C(C)(C)C.CC(C)(C)[P@@]1Cc2ccccc2[C@@H]1[C@H]1c2ccccc2C[P@]1C(C)(C)C.[Cl][Cr]([Cl])[Cl].[Cl][Cr]([Cl])[Cl]. The molecule has 8 atom stereocenters. The van der Waals surface area contributed by atoms with E-state index in [1.54, 1.807) is 44.5 Å². The van der Waals surface area contributed by atoms with E-state index in [4.69, 9.17) is 79.2 Å². The van der Waals surface area contributed by atoms with Gasteiger partial charge >= 0.3 is 83.1 Å². The minimum absolute atomic E-state index is 0.0695. The van der Waals surface area contributed by atoms with Crippen LogP contribution in [0.3, 0.4) is 0 Å². The van der Waals surface area contributed by atoms with E-state index in [2.05, 4.69) is 180 Å². The van der Waals surface area contributed by atoms with Crippen LogP contribution in [0.25, 0.3) is 0 Å². The fourth-order valence-corrected chi connectivity index (χ4v) is 26.6. The zero-order valence-corrected chi connectivity index (χ0v) is 60.9. The number of fused-ring (bicyclic) bond motifs is 4. The van der Waals surface area contributed by atoms with Crippen molar-refractivity contribution in [2.45, 2.75) is 202 Å². The summed E-state index contributed by atoms with van der Waals surface area (Å²) in [6.45, 7) is 37.8. The first-order valence-corrected chi connectivity index (χ1v) is 45.9. The van der Waals surface area contributed by atoms with Gasteiger partial charge in [-0.2, -0.15) is 0 Å². The fraction of sp³-hybridized carbons (Fsp3) is 0.625. The van der Waals surface area contributed by atoms with Gasteiger partial charge in [0.2, 0.25) is 0 Å². The van der Waals surface area contributed by atoms with Crippen LogP contribution < -0.4 is 0 Å². The second kappa shape index (κ2) is 35.4. The molecule has 0 spiro atoms. The predicted molar refractivity (Wildman–Crippen MR) is 354 cm³/mol. The normalized spacial score (nSPS) is 25.1. The second-order valence-electron chi connectivity index (χ2n) is 25.4. The van der Waals surface area contributed by atoms with Crippen LogP contribution in [0.5, 0.6) is 0 Å². The van der Waals surface area contributed by atoms with Crippen LogP contribution in [0.4, 0.5) is 0 Å². The van der Waals surface area contributed by atoms with Gasteiger partial charge in [0.15, 0.2) is 0 Å². The average molecular weight is 1370 g/mol. The molecule has 8 aliphatic rings. The summed E-state index contributed by atoms with van der Waals surface area (Å²) in [5.74, 6) is 0. The van der Waals surface area contributed by atoms with E-state index in [9.17, 15) is 0 Å². The fourth-order valence-electron chi connectivity index (χ4n) is 11.7. The van der Waals surface area contributed by atoms with E-state index in [1.807, 2.05) is 0 Å². The molecule has 4 nitrogen and oxygen atoms in total. The summed E-state index contributed by atoms with van der Waals surface area (Å²) >= 11 is -3.25. The van der Waals surface area contributed by atoms with E-state index in [1.165, 1.54) is 76.0 Å². The van der Waals surface area contributed by atoms with Crippen LogP contribution >= 0.6 is 92.0 Å². The van der Waals surface area contributed by atoms with E-state index in [0.717, 1.165) is 75.5 Å². The molecule has 16 heteroatoms. The van der Waals surface area contributed by atoms with Crippen molar-refractivity contribution in [2.24, 2.45) is 0 Å². The molecule has 4 aromatic rings. The summed E-state index contributed by atoms with van der Waals surface area (Å²) in [5, 5.41) is 1.59. The molecule has 80 heavy (non-hydrogen) atoms. The van der Waals surface area contributed by atoms with Crippen molar-refractivity contribution in [3.05, 3.63) is 142 Å². The third-order valence-corrected chi connectivity index (χ3v) is 30.6. The maximum absolute atomic E-state index is 4.94. The van der Waals surface area contributed by atoms with Crippen molar-refractivity contribution >= 4 is 92.0 Å². The van der Waals surface area contributed by atoms with Crippen LogP contribution in [-0.4, -0.2) is 73.5 Å². The van der Waals surface area contributed by atoms with Gasteiger partial charge in [-0.25, -0.2) is 0 Å². The molecule has 0 amide bonds. The predicted octanol–water partition coefficient (Wildman–Crippen LogP) is 23.4. The summed E-state index contributed by atoms with van der Waals surface area (Å²) < 4.78 is 19.8. The van der Waals surface area contributed by atoms with Gasteiger partial charge in [0, 0.05) is 75.5 Å². The quantitative estimate of drug-likeness (QED) is 0.188. The summed E-state index contributed by atoms with van der Waals surface area (Å²) in [4.78, 5) is 0. The van der Waals surface area contributed by atoms with Gasteiger partial charge in [0.1, 0.15) is 0 Å². The number of ether oxygens (including phenoxy) is 4. The first-order valence-electron chi connectivity index (χ1n) is 29.0. The summed E-state index contributed by atoms with van der Waals surface area (Å²) in [5.41, 5.74) is 16.1. The van der Waals surface area contributed by atoms with Crippen molar-refractivity contribution in [1.29, 1.82) is 0 Å². The Morgan fingerprint density at radius 1 is 0.300 bits per heavy atom. The third-order valence-electron chi connectivity index (χ3n) is 15.6. The van der Waals surface area contributed by atoms with Crippen molar-refractivity contribution < 1.29 is 41.7 Å². The van der Waals surface area contributed by atoms with Crippen LogP contribution in [0.1, 0.15) is 202 Å². The molecule has 0 unspecified atom stereocenters. The Labute approximate surface area is 525 Å². The minimum atomic E-state index is -1.62. The first kappa shape index (κ1) is 72.0. The van der Waals surface area contributed by atoms with Gasteiger partial charge in [-0.05, 0) is 141 Å². The molecular weight excluding hydrogens is 1270 g/mol. The van der Waals surface area contributed by atoms with E-state index in [0.29, 0.717) is 20.6 Å². The summed E-state index contributed by atoms with van der Waals surface area (Å²) in [6.07, 6.45) is 15.5. The Kier molecular flexibility index (Phi) is 31.9. The Morgan fingerprint density at radius 2 is 0.450 bits per heavy atom. The summed E-state index contributed by atoms with van der Waals surface area (Å²) in [6, 6.07) is 37.5. The van der Waals surface area contributed by atoms with Crippen LogP contribution in [0, 0.1) is 0 Å². The topological polar surface area (TPSA) is 36.9 Å². The molecule has 0 saturated carbocycles. The van der Waals surface area contributed by atoms with E-state index < -0.39 is 22.8 Å². The molecule has 0 radical (unpaired) electrons. The Morgan fingerprint density at radius 3 is 0.575 bits per heavy atom. The van der Waals surface area contributed by atoms with Crippen molar-refractivity contribution in [3.63, 3.8) is 0 Å². The van der Waals surface area contributed by atoms with Gasteiger partial charge in [0.05, 0.1) is 0 Å². The molecule has 12 rings (SSSR count). The van der Waals surface area contributed by atoms with Crippen molar-refractivity contribution in [3.8, 4) is 0 Å². The molecule has 0 N–H and O–H groups in total. The molecule has 0 aromatic heterocycles. The number of halogens is 6. The zero-order valence-electron chi connectivity index (χ0n) is 50.2. The Bertz CT molecular complexity index is 2040. The van der Waals surface area contributed by atoms with E-state index in [-0.39, 0.29) is 31.7 Å². The van der Waals surface area contributed by atoms with Gasteiger partial charge in [0.25, 0.3) is 0 Å². The van der Waals surface area contributed by atoms with Gasteiger partial charge in [-0.1, -0.05) is 212 Å². The van der Waals surface area contributed by atoms with Gasteiger partial charge < -0.3 is 18.9 Å². The van der Waals surface area contributed by atoms with Gasteiger partial charge in [-0.3, -0.25) is 0 Å². The van der Waals surface area contributed by atoms with Crippen molar-refractivity contribution in [1.82, 2.24) is 0 Å². The number of hydrogen-bond donors (Lipinski definition) is 0. The molecular formula is C64H96Cl6Cr2O4P4. The first-order chi connectivity index (χ1) is 37.8. The zero-order chi connectivity index (χ0) is 58.7. The second-order valence-corrected chi connectivity index (χ2v) is 50.6. The molecule has 8 heterocycles. The molecule has 4 fully saturated rings. The van der Waals surface area contributed by atoms with Crippen LogP contribution in [-0.2, 0) is 66.4 Å². The van der Waals surface area contributed by atoms with Crippen LogP contribution in [0.2, 0.25) is 0 Å². The average Bonchev–Trinajstić information content (AvgIpc) is 4.27. The molecule has 8 aliphatic heterocycles. The number of rotatable bonds is 2. The maximum atomic E-state index is 4.94.